The van der Waals surface area contributed by atoms with Gasteiger partial charge >= 0.3 is 0 Å². The first-order valence-corrected chi connectivity index (χ1v) is 7.14. The van der Waals surface area contributed by atoms with E-state index in [0.717, 1.165) is 23.3 Å². The molecule has 2 aromatic rings. The van der Waals surface area contributed by atoms with Crippen molar-refractivity contribution >= 4 is 22.6 Å². The SMILES string of the molecule is CCNC(c1cc2c(C)ccc(Cl)c2o1)C(C)(C)C. The molecular formula is C16H22ClNO. The smallest absolute Gasteiger partial charge is 0.153 e. The summed E-state index contributed by atoms with van der Waals surface area (Å²) in [5, 5.41) is 5.28. The standard InChI is InChI=1S/C16H22ClNO/c1-6-18-15(16(3,4)5)13-9-11-10(2)7-8-12(17)14(11)19-13/h7-9,15,18H,6H2,1-5H3. The second kappa shape index (κ2) is 5.18. The van der Waals surface area contributed by atoms with Gasteiger partial charge in [0, 0.05) is 5.39 Å². The zero-order valence-electron chi connectivity index (χ0n) is 12.3. The van der Waals surface area contributed by atoms with Gasteiger partial charge in [-0.1, -0.05) is 45.4 Å². The second-order valence-electron chi connectivity index (χ2n) is 6.11. The highest BCUT2D eigenvalue weighted by Crippen LogP contribution is 2.38. The van der Waals surface area contributed by atoms with Gasteiger partial charge in [0.1, 0.15) is 5.76 Å². The minimum Gasteiger partial charge on any atom is -0.458 e. The van der Waals surface area contributed by atoms with Crippen LogP contribution in [0, 0.1) is 12.3 Å². The van der Waals surface area contributed by atoms with E-state index in [4.69, 9.17) is 16.0 Å². The number of benzene rings is 1. The van der Waals surface area contributed by atoms with Gasteiger partial charge in [0.2, 0.25) is 0 Å². The summed E-state index contributed by atoms with van der Waals surface area (Å²) in [4.78, 5) is 0. The Labute approximate surface area is 120 Å². The predicted octanol–water partition coefficient (Wildman–Crippen LogP) is 5.09. The molecule has 1 heterocycles. The molecule has 19 heavy (non-hydrogen) atoms. The van der Waals surface area contributed by atoms with Gasteiger partial charge < -0.3 is 9.73 Å². The Morgan fingerprint density at radius 2 is 2.00 bits per heavy atom. The molecule has 1 N–H and O–H groups in total. The lowest BCUT2D eigenvalue weighted by Crippen LogP contribution is -2.31. The summed E-state index contributed by atoms with van der Waals surface area (Å²) in [5.41, 5.74) is 2.08. The Balaban J connectivity index is 2.56. The van der Waals surface area contributed by atoms with E-state index < -0.39 is 0 Å². The molecule has 1 aromatic carbocycles. The summed E-state index contributed by atoms with van der Waals surface area (Å²) in [5.74, 6) is 0.959. The highest BCUT2D eigenvalue weighted by Gasteiger charge is 2.28. The molecule has 2 rings (SSSR count). The van der Waals surface area contributed by atoms with Crippen LogP contribution in [0.1, 0.15) is 45.1 Å². The molecule has 0 spiro atoms. The summed E-state index contributed by atoms with van der Waals surface area (Å²) in [6.07, 6.45) is 0. The van der Waals surface area contributed by atoms with Crippen LogP contribution in [0.3, 0.4) is 0 Å². The Hall–Kier alpha value is -0.990. The van der Waals surface area contributed by atoms with Gasteiger partial charge in [-0.25, -0.2) is 0 Å². The van der Waals surface area contributed by atoms with Crippen molar-refractivity contribution in [3.05, 3.63) is 34.5 Å². The van der Waals surface area contributed by atoms with Crippen molar-refractivity contribution in [2.24, 2.45) is 5.41 Å². The molecule has 1 unspecified atom stereocenters. The Morgan fingerprint density at radius 3 is 2.53 bits per heavy atom. The third kappa shape index (κ3) is 2.80. The molecule has 0 aliphatic heterocycles. The maximum absolute atomic E-state index is 6.22. The van der Waals surface area contributed by atoms with Crippen LogP contribution in [0.2, 0.25) is 5.02 Å². The molecule has 0 aliphatic rings. The van der Waals surface area contributed by atoms with E-state index in [0.29, 0.717) is 5.02 Å². The van der Waals surface area contributed by atoms with E-state index in [1.54, 1.807) is 0 Å². The van der Waals surface area contributed by atoms with Gasteiger partial charge in [-0.2, -0.15) is 0 Å². The second-order valence-corrected chi connectivity index (χ2v) is 6.52. The van der Waals surface area contributed by atoms with E-state index in [1.807, 2.05) is 12.1 Å². The molecule has 0 bridgehead atoms. The lowest BCUT2D eigenvalue weighted by molar-refractivity contribution is 0.244. The van der Waals surface area contributed by atoms with Crippen LogP contribution in [-0.2, 0) is 0 Å². The van der Waals surface area contributed by atoms with E-state index in [2.05, 4.69) is 46.0 Å². The lowest BCUT2D eigenvalue weighted by Gasteiger charge is -2.29. The zero-order valence-corrected chi connectivity index (χ0v) is 13.1. The third-order valence-electron chi connectivity index (χ3n) is 3.43. The number of furan rings is 1. The maximum Gasteiger partial charge on any atom is 0.153 e. The Morgan fingerprint density at radius 1 is 1.32 bits per heavy atom. The Bertz CT molecular complexity index is 541. The number of nitrogens with one attached hydrogen (secondary N) is 1. The van der Waals surface area contributed by atoms with Gasteiger partial charge in [-0.15, -0.1) is 0 Å². The van der Waals surface area contributed by atoms with Crippen LogP contribution in [-0.4, -0.2) is 6.54 Å². The highest BCUT2D eigenvalue weighted by molar-refractivity contribution is 6.34. The summed E-state index contributed by atoms with van der Waals surface area (Å²) in [6.45, 7) is 11.7. The van der Waals surface area contributed by atoms with Crippen LogP contribution in [0.5, 0.6) is 0 Å². The molecule has 0 fully saturated rings. The summed E-state index contributed by atoms with van der Waals surface area (Å²) in [6, 6.07) is 6.23. The van der Waals surface area contributed by atoms with Crippen molar-refractivity contribution < 1.29 is 4.42 Å². The number of hydrogen-bond acceptors (Lipinski definition) is 2. The number of hydrogen-bond donors (Lipinski definition) is 1. The first-order chi connectivity index (χ1) is 8.84. The molecule has 0 aliphatic carbocycles. The number of rotatable bonds is 3. The van der Waals surface area contributed by atoms with Gasteiger partial charge in [-0.05, 0) is 36.6 Å². The van der Waals surface area contributed by atoms with Crippen molar-refractivity contribution in [2.75, 3.05) is 6.54 Å². The molecule has 104 valence electrons. The molecule has 0 amide bonds. The molecule has 3 heteroatoms. The van der Waals surface area contributed by atoms with Crippen LogP contribution < -0.4 is 5.32 Å². The third-order valence-corrected chi connectivity index (χ3v) is 3.73. The number of aryl methyl sites for hydroxylation is 1. The molecule has 1 aromatic heterocycles. The van der Waals surface area contributed by atoms with Gasteiger partial charge in [0.25, 0.3) is 0 Å². The minimum absolute atomic E-state index is 0.0876. The largest absolute Gasteiger partial charge is 0.458 e. The van der Waals surface area contributed by atoms with Gasteiger partial charge in [0.05, 0.1) is 11.1 Å². The van der Waals surface area contributed by atoms with Crippen molar-refractivity contribution in [1.82, 2.24) is 5.32 Å². The zero-order chi connectivity index (χ0) is 14.2. The monoisotopic (exact) mass is 279 g/mol. The van der Waals surface area contributed by atoms with Crippen LogP contribution in [0.25, 0.3) is 11.0 Å². The topological polar surface area (TPSA) is 25.2 Å². The van der Waals surface area contributed by atoms with Crippen molar-refractivity contribution in [2.45, 2.75) is 40.7 Å². The van der Waals surface area contributed by atoms with E-state index in [-0.39, 0.29) is 11.5 Å². The van der Waals surface area contributed by atoms with Gasteiger partial charge in [0.15, 0.2) is 5.58 Å². The summed E-state index contributed by atoms with van der Waals surface area (Å²) < 4.78 is 6.03. The quantitative estimate of drug-likeness (QED) is 0.846. The molecular weight excluding hydrogens is 258 g/mol. The predicted molar refractivity (Wildman–Crippen MR) is 81.8 cm³/mol. The first-order valence-electron chi connectivity index (χ1n) is 6.76. The average Bonchev–Trinajstić information content (AvgIpc) is 2.75. The highest BCUT2D eigenvalue weighted by atomic mass is 35.5. The fourth-order valence-corrected chi connectivity index (χ4v) is 2.63. The van der Waals surface area contributed by atoms with Crippen molar-refractivity contribution in [3.63, 3.8) is 0 Å². The van der Waals surface area contributed by atoms with Crippen LogP contribution in [0.15, 0.2) is 22.6 Å². The maximum atomic E-state index is 6.22. The van der Waals surface area contributed by atoms with E-state index >= 15 is 0 Å². The van der Waals surface area contributed by atoms with E-state index in [1.165, 1.54) is 5.56 Å². The normalized spacial score (nSPS) is 14.0. The lowest BCUT2D eigenvalue weighted by atomic mass is 9.85. The fourth-order valence-electron chi connectivity index (χ4n) is 2.42. The number of halogens is 1. The first kappa shape index (κ1) is 14.4. The van der Waals surface area contributed by atoms with Crippen LogP contribution >= 0.6 is 11.6 Å². The molecule has 1 atom stereocenters. The minimum atomic E-state index is 0.0876. The average molecular weight is 280 g/mol. The Kier molecular flexibility index (Phi) is 3.93. The molecule has 2 nitrogen and oxygen atoms in total. The van der Waals surface area contributed by atoms with Crippen molar-refractivity contribution in [1.29, 1.82) is 0 Å². The van der Waals surface area contributed by atoms with Crippen molar-refractivity contribution in [3.8, 4) is 0 Å². The fraction of sp³-hybridized carbons (Fsp3) is 0.500. The summed E-state index contributed by atoms with van der Waals surface area (Å²) in [7, 11) is 0. The molecule has 0 saturated carbocycles. The van der Waals surface area contributed by atoms with Crippen LogP contribution in [0.4, 0.5) is 0 Å². The van der Waals surface area contributed by atoms with Gasteiger partial charge in [-0.3, -0.25) is 0 Å². The summed E-state index contributed by atoms with van der Waals surface area (Å²) >= 11 is 6.22. The molecule has 0 radical (unpaired) electrons. The molecule has 0 saturated heterocycles. The van der Waals surface area contributed by atoms with E-state index in [9.17, 15) is 0 Å². The number of fused-ring (bicyclic) bond motifs is 1.